The summed E-state index contributed by atoms with van der Waals surface area (Å²) in [5, 5.41) is 12.3. The summed E-state index contributed by atoms with van der Waals surface area (Å²) in [6, 6.07) is 2.50. The van der Waals surface area contributed by atoms with Gasteiger partial charge in [-0.25, -0.2) is 4.98 Å². The number of hydrogen-bond donors (Lipinski definition) is 1. The molecule has 1 saturated heterocycles. The molecule has 2 heterocycles. The molecule has 0 atom stereocenters. The van der Waals surface area contributed by atoms with E-state index in [4.69, 9.17) is 15.0 Å². The highest BCUT2D eigenvalue weighted by atomic mass is 16.5. The highest BCUT2D eigenvalue weighted by molar-refractivity contribution is 5.65. The summed E-state index contributed by atoms with van der Waals surface area (Å²) in [6.07, 6.45) is 9.91. The van der Waals surface area contributed by atoms with Crippen molar-refractivity contribution in [2.24, 2.45) is 0 Å². The molecule has 0 aromatic carbocycles. The third-order valence-corrected chi connectivity index (χ3v) is 4.13. The van der Waals surface area contributed by atoms with E-state index in [1.807, 2.05) is 6.07 Å². The van der Waals surface area contributed by atoms with E-state index in [0.717, 1.165) is 30.4 Å². The highest BCUT2D eigenvalue weighted by Crippen LogP contribution is 2.25. The fraction of sp³-hybridized carbons (Fsp3) is 0.562. The van der Waals surface area contributed by atoms with Gasteiger partial charge < -0.3 is 15.0 Å². The van der Waals surface area contributed by atoms with Gasteiger partial charge in [0.05, 0.1) is 19.3 Å². The molecule has 1 aromatic rings. The molecule has 6 heteroatoms. The number of aromatic nitrogens is 2. The van der Waals surface area contributed by atoms with E-state index < -0.39 is 0 Å². The molecule has 6 nitrogen and oxygen atoms in total. The van der Waals surface area contributed by atoms with Gasteiger partial charge in [-0.2, -0.15) is 10.2 Å². The summed E-state index contributed by atoms with van der Waals surface area (Å²) >= 11 is 0. The van der Waals surface area contributed by atoms with Crippen molar-refractivity contribution in [2.75, 3.05) is 36.5 Å². The van der Waals surface area contributed by atoms with Crippen LogP contribution in [0.15, 0.2) is 12.3 Å². The summed E-state index contributed by atoms with van der Waals surface area (Å²) in [5.41, 5.74) is 0.866. The summed E-state index contributed by atoms with van der Waals surface area (Å²) in [7, 11) is 0. The van der Waals surface area contributed by atoms with Crippen LogP contribution in [0.2, 0.25) is 0 Å². The Balaban J connectivity index is 1.83. The lowest BCUT2D eigenvalue weighted by molar-refractivity contribution is 0.122. The zero-order chi connectivity index (χ0) is 15.2. The van der Waals surface area contributed by atoms with Gasteiger partial charge in [-0.1, -0.05) is 12.8 Å². The lowest BCUT2D eigenvalue weighted by Gasteiger charge is -2.27. The Labute approximate surface area is 130 Å². The van der Waals surface area contributed by atoms with Crippen LogP contribution in [0, 0.1) is 11.3 Å². The van der Waals surface area contributed by atoms with Crippen molar-refractivity contribution < 1.29 is 4.74 Å². The van der Waals surface area contributed by atoms with Crippen LogP contribution in [0.25, 0.3) is 6.08 Å². The largest absolute Gasteiger partial charge is 0.378 e. The fourth-order valence-corrected chi connectivity index (χ4v) is 2.93. The first-order valence-corrected chi connectivity index (χ1v) is 7.89. The minimum atomic E-state index is 0.474. The molecule has 0 unspecified atom stereocenters. The van der Waals surface area contributed by atoms with Crippen LogP contribution in [-0.2, 0) is 4.74 Å². The minimum absolute atomic E-state index is 0.474. The van der Waals surface area contributed by atoms with Crippen LogP contribution in [-0.4, -0.2) is 42.3 Å². The first kappa shape index (κ1) is 14.8. The van der Waals surface area contributed by atoms with Gasteiger partial charge >= 0.3 is 0 Å². The third kappa shape index (κ3) is 3.55. The van der Waals surface area contributed by atoms with Gasteiger partial charge in [-0.3, -0.25) is 0 Å². The molecule has 1 saturated carbocycles. The Hall–Kier alpha value is -2.13. The number of ether oxygens (including phenoxy) is 1. The zero-order valence-corrected chi connectivity index (χ0v) is 12.7. The number of anilines is 2. The number of hydrogen-bond acceptors (Lipinski definition) is 6. The second-order valence-corrected chi connectivity index (χ2v) is 5.66. The SMILES string of the molecule is N#CC=Cc1cnc(N2CCOCC2)nc1NC1CCCC1. The molecule has 1 aliphatic carbocycles. The van der Waals surface area contributed by atoms with E-state index in [1.165, 1.54) is 31.8 Å². The predicted octanol–water partition coefficient (Wildman–Crippen LogP) is 2.20. The van der Waals surface area contributed by atoms with E-state index in [2.05, 4.69) is 15.2 Å². The van der Waals surface area contributed by atoms with E-state index in [9.17, 15) is 0 Å². The number of morpholine rings is 1. The monoisotopic (exact) mass is 299 g/mol. The molecule has 0 amide bonds. The maximum atomic E-state index is 8.74. The van der Waals surface area contributed by atoms with Gasteiger partial charge in [0, 0.05) is 37.0 Å². The van der Waals surface area contributed by atoms with Gasteiger partial charge in [0.2, 0.25) is 5.95 Å². The van der Waals surface area contributed by atoms with Crippen LogP contribution in [0.1, 0.15) is 31.2 Å². The smallest absolute Gasteiger partial charge is 0.227 e. The zero-order valence-electron chi connectivity index (χ0n) is 12.7. The Morgan fingerprint density at radius 1 is 1.32 bits per heavy atom. The normalized spacial score (nSPS) is 19.5. The van der Waals surface area contributed by atoms with Gasteiger partial charge in [0.25, 0.3) is 0 Å². The quantitative estimate of drug-likeness (QED) is 0.859. The van der Waals surface area contributed by atoms with Crippen molar-refractivity contribution in [3.8, 4) is 6.07 Å². The molecule has 1 aromatic heterocycles. The predicted molar refractivity (Wildman–Crippen MR) is 85.6 cm³/mol. The third-order valence-electron chi connectivity index (χ3n) is 4.13. The van der Waals surface area contributed by atoms with Crippen LogP contribution in [0.5, 0.6) is 0 Å². The fourth-order valence-electron chi connectivity index (χ4n) is 2.93. The standard InChI is InChI=1S/C16H21N5O/c17-7-3-4-13-12-18-16(21-8-10-22-11-9-21)20-15(13)19-14-5-1-2-6-14/h3-4,12,14H,1-2,5-6,8-11H2,(H,18,19,20). The molecule has 116 valence electrons. The number of allylic oxidation sites excluding steroid dienone is 1. The number of nitrogens with zero attached hydrogens (tertiary/aromatic N) is 4. The molecule has 1 aliphatic heterocycles. The van der Waals surface area contributed by atoms with Crippen molar-refractivity contribution >= 4 is 17.8 Å². The lowest BCUT2D eigenvalue weighted by atomic mass is 10.2. The van der Waals surface area contributed by atoms with Crippen LogP contribution in [0.3, 0.4) is 0 Å². The van der Waals surface area contributed by atoms with Crippen molar-refractivity contribution in [2.45, 2.75) is 31.7 Å². The summed E-state index contributed by atoms with van der Waals surface area (Å²) in [4.78, 5) is 11.3. The Morgan fingerprint density at radius 2 is 2.09 bits per heavy atom. The molecule has 0 spiro atoms. The van der Waals surface area contributed by atoms with E-state index in [1.54, 1.807) is 12.3 Å². The van der Waals surface area contributed by atoms with Gasteiger partial charge in [-0.05, 0) is 18.9 Å². The van der Waals surface area contributed by atoms with E-state index >= 15 is 0 Å². The van der Waals surface area contributed by atoms with Crippen LogP contribution >= 0.6 is 0 Å². The Bertz CT molecular complexity index is 568. The molecule has 2 aliphatic rings. The topological polar surface area (TPSA) is 74.1 Å². The molecule has 22 heavy (non-hydrogen) atoms. The second-order valence-electron chi connectivity index (χ2n) is 5.66. The first-order valence-electron chi connectivity index (χ1n) is 7.89. The molecule has 2 fully saturated rings. The maximum Gasteiger partial charge on any atom is 0.227 e. The van der Waals surface area contributed by atoms with E-state index in [-0.39, 0.29) is 0 Å². The number of rotatable bonds is 4. The van der Waals surface area contributed by atoms with Crippen LogP contribution < -0.4 is 10.2 Å². The Kier molecular flexibility index (Phi) is 4.86. The van der Waals surface area contributed by atoms with E-state index in [0.29, 0.717) is 19.3 Å². The second kappa shape index (κ2) is 7.23. The number of nitrogens with one attached hydrogen (secondary N) is 1. The average Bonchev–Trinajstić information content (AvgIpc) is 3.07. The van der Waals surface area contributed by atoms with Crippen molar-refractivity contribution in [1.82, 2.24) is 9.97 Å². The first-order chi connectivity index (χ1) is 10.9. The van der Waals surface area contributed by atoms with Crippen molar-refractivity contribution in [3.05, 3.63) is 17.8 Å². The van der Waals surface area contributed by atoms with Crippen molar-refractivity contribution in [1.29, 1.82) is 5.26 Å². The molecular formula is C16H21N5O. The average molecular weight is 299 g/mol. The van der Waals surface area contributed by atoms with Gasteiger partial charge in [0.15, 0.2) is 0 Å². The molecule has 3 rings (SSSR count). The summed E-state index contributed by atoms with van der Waals surface area (Å²) in [5.74, 6) is 1.56. The molecular weight excluding hydrogens is 278 g/mol. The van der Waals surface area contributed by atoms with Crippen molar-refractivity contribution in [3.63, 3.8) is 0 Å². The molecule has 0 radical (unpaired) electrons. The maximum absolute atomic E-state index is 8.74. The highest BCUT2D eigenvalue weighted by Gasteiger charge is 2.19. The summed E-state index contributed by atoms with van der Waals surface area (Å²) < 4.78 is 5.38. The van der Waals surface area contributed by atoms with Gasteiger partial charge in [-0.15, -0.1) is 0 Å². The Morgan fingerprint density at radius 3 is 2.82 bits per heavy atom. The molecule has 1 N–H and O–H groups in total. The lowest BCUT2D eigenvalue weighted by Crippen LogP contribution is -2.37. The summed E-state index contributed by atoms with van der Waals surface area (Å²) in [6.45, 7) is 3.06. The van der Waals surface area contributed by atoms with Gasteiger partial charge in [0.1, 0.15) is 5.82 Å². The van der Waals surface area contributed by atoms with Crippen LogP contribution in [0.4, 0.5) is 11.8 Å². The minimum Gasteiger partial charge on any atom is -0.378 e. The number of nitriles is 1. The molecule has 0 bridgehead atoms.